The van der Waals surface area contributed by atoms with Crippen molar-refractivity contribution in [1.82, 2.24) is 10.9 Å². The summed E-state index contributed by atoms with van der Waals surface area (Å²) in [7, 11) is 0. The third-order valence-electron chi connectivity index (χ3n) is 4.14. The third-order valence-corrected chi connectivity index (χ3v) is 4.14. The van der Waals surface area contributed by atoms with Crippen LogP contribution in [0.1, 0.15) is 39.9 Å². The summed E-state index contributed by atoms with van der Waals surface area (Å²) in [5.74, 6) is -0.445. The van der Waals surface area contributed by atoms with Crippen molar-refractivity contribution >= 4 is 17.6 Å². The highest BCUT2D eigenvalue weighted by Crippen LogP contribution is 2.16. The number of hydrazine groups is 1. The average Bonchev–Trinajstić information content (AvgIpc) is 2.66. The van der Waals surface area contributed by atoms with Gasteiger partial charge in [0.25, 0.3) is 5.91 Å². The molecule has 0 saturated carbocycles. The van der Waals surface area contributed by atoms with Gasteiger partial charge in [0.15, 0.2) is 12.4 Å². The predicted molar refractivity (Wildman–Crippen MR) is 102 cm³/mol. The largest absolute Gasteiger partial charge is 0.484 e. The van der Waals surface area contributed by atoms with Gasteiger partial charge in [-0.15, -0.1) is 0 Å². The number of nitrogens with one attached hydrogen (secondary N) is 2. The summed E-state index contributed by atoms with van der Waals surface area (Å²) in [6.45, 7) is 5.67. The Hall–Kier alpha value is -3.15. The molecule has 0 aliphatic rings. The van der Waals surface area contributed by atoms with E-state index in [9.17, 15) is 14.4 Å². The Morgan fingerprint density at radius 3 is 2.15 bits per heavy atom. The van der Waals surface area contributed by atoms with E-state index in [4.69, 9.17) is 4.74 Å². The highest BCUT2D eigenvalue weighted by atomic mass is 16.5. The van der Waals surface area contributed by atoms with Crippen LogP contribution < -0.4 is 15.6 Å². The molecule has 2 amide bonds. The zero-order valence-electron chi connectivity index (χ0n) is 15.8. The summed E-state index contributed by atoms with van der Waals surface area (Å²) < 4.78 is 5.38. The monoisotopic (exact) mass is 368 g/mol. The highest BCUT2D eigenvalue weighted by Gasteiger charge is 2.10. The number of amides is 2. The standard InChI is InChI=1S/C21H24N2O4/c1-14-4-7-17(8-5-14)19(24)10-11-20(25)22-23-21(26)13-27-18-9-6-15(2)16(3)12-18/h4-9,12H,10-11,13H2,1-3H3,(H,22,25)(H,23,26). The number of hydrogen-bond acceptors (Lipinski definition) is 4. The maximum absolute atomic E-state index is 12.0. The van der Waals surface area contributed by atoms with Crippen LogP contribution in [0, 0.1) is 20.8 Å². The fourth-order valence-corrected chi connectivity index (χ4v) is 2.30. The maximum Gasteiger partial charge on any atom is 0.276 e. The Bertz CT molecular complexity index is 829. The molecule has 0 bridgehead atoms. The van der Waals surface area contributed by atoms with Crippen molar-refractivity contribution in [2.75, 3.05) is 6.61 Å². The van der Waals surface area contributed by atoms with Crippen LogP contribution in [0.2, 0.25) is 0 Å². The smallest absolute Gasteiger partial charge is 0.276 e. The summed E-state index contributed by atoms with van der Waals surface area (Å²) in [4.78, 5) is 35.5. The first-order chi connectivity index (χ1) is 12.8. The summed E-state index contributed by atoms with van der Waals surface area (Å²) in [5.41, 5.74) is 8.40. The van der Waals surface area contributed by atoms with E-state index in [1.165, 1.54) is 0 Å². The first-order valence-electron chi connectivity index (χ1n) is 8.73. The molecule has 6 nitrogen and oxygen atoms in total. The van der Waals surface area contributed by atoms with Crippen molar-refractivity contribution in [2.45, 2.75) is 33.6 Å². The van der Waals surface area contributed by atoms with E-state index in [-0.39, 0.29) is 25.2 Å². The topological polar surface area (TPSA) is 84.5 Å². The lowest BCUT2D eigenvalue weighted by Crippen LogP contribution is -2.43. The van der Waals surface area contributed by atoms with Crippen LogP contribution in [0.4, 0.5) is 0 Å². The van der Waals surface area contributed by atoms with Gasteiger partial charge in [-0.2, -0.15) is 0 Å². The summed E-state index contributed by atoms with van der Waals surface area (Å²) in [6.07, 6.45) is 0.0644. The fourth-order valence-electron chi connectivity index (χ4n) is 2.30. The Balaban J connectivity index is 1.68. The molecule has 6 heteroatoms. The van der Waals surface area contributed by atoms with Crippen LogP contribution in [0.25, 0.3) is 0 Å². The minimum absolute atomic E-state index is 0.00892. The fraction of sp³-hybridized carbons (Fsp3) is 0.286. The van der Waals surface area contributed by atoms with E-state index in [1.54, 1.807) is 18.2 Å². The van der Waals surface area contributed by atoms with Crippen molar-refractivity contribution in [3.8, 4) is 5.75 Å². The number of aryl methyl sites for hydroxylation is 3. The molecule has 2 rings (SSSR count). The minimum atomic E-state index is -0.480. The normalized spacial score (nSPS) is 10.2. The Morgan fingerprint density at radius 1 is 0.815 bits per heavy atom. The van der Waals surface area contributed by atoms with Gasteiger partial charge in [0.2, 0.25) is 5.91 Å². The molecule has 2 aromatic rings. The molecule has 0 saturated heterocycles. The number of ether oxygens (including phenoxy) is 1. The summed E-state index contributed by atoms with van der Waals surface area (Å²) in [6, 6.07) is 12.7. The molecule has 0 atom stereocenters. The van der Waals surface area contributed by atoms with Crippen molar-refractivity contribution in [3.05, 3.63) is 64.7 Å². The van der Waals surface area contributed by atoms with Crippen LogP contribution in [0.15, 0.2) is 42.5 Å². The molecular formula is C21H24N2O4. The molecular weight excluding hydrogens is 344 g/mol. The Morgan fingerprint density at radius 2 is 1.48 bits per heavy atom. The lowest BCUT2D eigenvalue weighted by atomic mass is 10.1. The molecule has 0 heterocycles. The molecule has 142 valence electrons. The number of ketones is 1. The molecule has 27 heavy (non-hydrogen) atoms. The second-order valence-electron chi connectivity index (χ2n) is 6.42. The van der Waals surface area contributed by atoms with E-state index in [0.717, 1.165) is 16.7 Å². The Labute approximate surface area is 158 Å². The van der Waals surface area contributed by atoms with Crippen LogP contribution in [0.3, 0.4) is 0 Å². The van der Waals surface area contributed by atoms with Crippen LogP contribution in [0.5, 0.6) is 5.75 Å². The Kier molecular flexibility index (Phi) is 7.11. The number of benzene rings is 2. The number of carbonyl (C=O) groups excluding carboxylic acids is 3. The quantitative estimate of drug-likeness (QED) is 0.581. The molecule has 0 fully saturated rings. The van der Waals surface area contributed by atoms with Gasteiger partial charge >= 0.3 is 0 Å². The van der Waals surface area contributed by atoms with E-state index in [1.807, 2.05) is 45.0 Å². The molecule has 2 N–H and O–H groups in total. The van der Waals surface area contributed by atoms with E-state index in [2.05, 4.69) is 10.9 Å². The maximum atomic E-state index is 12.0. The van der Waals surface area contributed by atoms with Crippen molar-refractivity contribution < 1.29 is 19.1 Å². The summed E-state index contributed by atoms with van der Waals surface area (Å²) in [5, 5.41) is 0. The van der Waals surface area contributed by atoms with Gasteiger partial charge in [-0.3, -0.25) is 25.2 Å². The number of rotatable bonds is 7. The first-order valence-corrected chi connectivity index (χ1v) is 8.73. The zero-order valence-corrected chi connectivity index (χ0v) is 15.8. The van der Waals surface area contributed by atoms with Gasteiger partial charge < -0.3 is 4.74 Å². The molecule has 2 aromatic carbocycles. The van der Waals surface area contributed by atoms with Crippen molar-refractivity contribution in [3.63, 3.8) is 0 Å². The number of hydrogen-bond donors (Lipinski definition) is 2. The van der Waals surface area contributed by atoms with Gasteiger partial charge in [0.1, 0.15) is 5.75 Å². The second-order valence-corrected chi connectivity index (χ2v) is 6.42. The highest BCUT2D eigenvalue weighted by molar-refractivity contribution is 5.98. The van der Waals surface area contributed by atoms with Gasteiger partial charge in [-0.05, 0) is 44.0 Å². The van der Waals surface area contributed by atoms with Crippen LogP contribution in [-0.2, 0) is 9.59 Å². The van der Waals surface area contributed by atoms with E-state index < -0.39 is 11.8 Å². The molecule has 0 aliphatic carbocycles. The molecule has 0 aliphatic heterocycles. The van der Waals surface area contributed by atoms with Gasteiger partial charge in [-0.1, -0.05) is 35.9 Å². The average molecular weight is 368 g/mol. The molecule has 0 unspecified atom stereocenters. The van der Waals surface area contributed by atoms with Gasteiger partial charge in [0, 0.05) is 18.4 Å². The van der Waals surface area contributed by atoms with E-state index in [0.29, 0.717) is 11.3 Å². The SMILES string of the molecule is Cc1ccc(C(=O)CCC(=O)NNC(=O)COc2ccc(C)c(C)c2)cc1. The lowest BCUT2D eigenvalue weighted by Gasteiger charge is -2.10. The number of Topliss-reactive ketones (excluding diaryl/α,β-unsaturated/α-hetero) is 1. The van der Waals surface area contributed by atoms with Crippen molar-refractivity contribution in [1.29, 1.82) is 0 Å². The van der Waals surface area contributed by atoms with Crippen LogP contribution >= 0.6 is 0 Å². The first kappa shape index (κ1) is 20.2. The third kappa shape index (κ3) is 6.58. The van der Waals surface area contributed by atoms with Gasteiger partial charge in [0.05, 0.1) is 0 Å². The lowest BCUT2D eigenvalue weighted by molar-refractivity contribution is -0.130. The van der Waals surface area contributed by atoms with Crippen LogP contribution in [-0.4, -0.2) is 24.2 Å². The molecule has 0 spiro atoms. The number of carbonyl (C=O) groups is 3. The molecule has 0 aromatic heterocycles. The predicted octanol–water partition coefficient (Wildman–Crippen LogP) is 2.80. The summed E-state index contributed by atoms with van der Waals surface area (Å²) >= 11 is 0. The van der Waals surface area contributed by atoms with Crippen molar-refractivity contribution in [2.24, 2.45) is 0 Å². The zero-order chi connectivity index (χ0) is 19.8. The molecule has 0 radical (unpaired) electrons. The second kappa shape index (κ2) is 9.52. The van der Waals surface area contributed by atoms with E-state index >= 15 is 0 Å². The van der Waals surface area contributed by atoms with Gasteiger partial charge in [-0.25, -0.2) is 0 Å². The minimum Gasteiger partial charge on any atom is -0.484 e.